The van der Waals surface area contributed by atoms with Crippen molar-refractivity contribution in [1.29, 1.82) is 0 Å². The third-order valence-electron chi connectivity index (χ3n) is 3.06. The molecule has 0 aromatic carbocycles. The predicted molar refractivity (Wildman–Crippen MR) is 84.3 cm³/mol. The predicted octanol–water partition coefficient (Wildman–Crippen LogP) is 3.44. The van der Waals surface area contributed by atoms with Crippen molar-refractivity contribution in [3.63, 3.8) is 0 Å². The zero-order valence-electron chi connectivity index (χ0n) is 11.5. The summed E-state index contributed by atoms with van der Waals surface area (Å²) in [5, 5.41) is 7.26. The van der Waals surface area contributed by atoms with E-state index in [1.165, 1.54) is 0 Å². The van der Waals surface area contributed by atoms with Gasteiger partial charge in [0.05, 0.1) is 0 Å². The summed E-state index contributed by atoms with van der Waals surface area (Å²) in [6.07, 6.45) is 2.41. The first-order valence-corrected chi connectivity index (χ1v) is 7.91. The van der Waals surface area contributed by atoms with Crippen LogP contribution in [-0.4, -0.2) is 28.2 Å². The van der Waals surface area contributed by atoms with Crippen LogP contribution >= 0.6 is 31.9 Å². The number of nitrogens with zero attached hydrogens (tertiary/aromatic N) is 3. The van der Waals surface area contributed by atoms with E-state index in [1.54, 1.807) is 6.20 Å². The molecular formula is C13H16Br2N4O. The van der Waals surface area contributed by atoms with Gasteiger partial charge in [-0.05, 0) is 50.9 Å². The highest BCUT2D eigenvalue weighted by Crippen LogP contribution is 2.26. The number of hydrogen-bond acceptors (Lipinski definition) is 5. The lowest BCUT2D eigenvalue weighted by Crippen LogP contribution is -2.32. The van der Waals surface area contributed by atoms with Crippen molar-refractivity contribution >= 4 is 31.9 Å². The van der Waals surface area contributed by atoms with Gasteiger partial charge in [-0.25, -0.2) is 0 Å². The van der Waals surface area contributed by atoms with Crippen LogP contribution in [-0.2, 0) is 6.42 Å². The molecule has 1 atom stereocenters. The minimum absolute atomic E-state index is 0.310. The van der Waals surface area contributed by atoms with E-state index in [1.807, 2.05) is 13.1 Å². The Hall–Kier alpha value is -0.790. The van der Waals surface area contributed by atoms with E-state index in [-0.39, 0.29) is 0 Å². The molecule has 0 amide bonds. The van der Waals surface area contributed by atoms with E-state index < -0.39 is 0 Å². The van der Waals surface area contributed by atoms with Crippen LogP contribution in [0.1, 0.15) is 19.7 Å². The van der Waals surface area contributed by atoms with Gasteiger partial charge in [-0.15, -0.1) is 0 Å². The number of hydrogen-bond donors (Lipinski definition) is 1. The zero-order chi connectivity index (χ0) is 14.7. The van der Waals surface area contributed by atoms with E-state index in [4.69, 9.17) is 4.52 Å². The first-order valence-electron chi connectivity index (χ1n) is 6.32. The largest absolute Gasteiger partial charge is 0.339 e. The quantitative estimate of drug-likeness (QED) is 0.828. The lowest BCUT2D eigenvalue weighted by atomic mass is 10.0. The van der Waals surface area contributed by atoms with E-state index in [9.17, 15) is 0 Å². The maximum absolute atomic E-state index is 5.31. The number of aromatic nitrogens is 3. The summed E-state index contributed by atoms with van der Waals surface area (Å²) in [7, 11) is 1.94. The van der Waals surface area contributed by atoms with Crippen LogP contribution in [0, 0.1) is 5.92 Å². The molecule has 2 rings (SSSR count). The van der Waals surface area contributed by atoms with Gasteiger partial charge < -0.3 is 9.84 Å². The first-order chi connectivity index (χ1) is 9.51. The molecule has 1 unspecified atom stereocenters. The van der Waals surface area contributed by atoms with Gasteiger partial charge in [0.2, 0.25) is 11.7 Å². The van der Waals surface area contributed by atoms with Crippen molar-refractivity contribution < 1.29 is 4.52 Å². The maximum atomic E-state index is 5.31. The Kier molecular flexibility index (Phi) is 5.29. The highest BCUT2D eigenvalue weighted by atomic mass is 79.9. The first kappa shape index (κ1) is 15.6. The van der Waals surface area contributed by atoms with Gasteiger partial charge in [-0.2, -0.15) is 4.98 Å². The highest BCUT2D eigenvalue weighted by molar-refractivity contribution is 9.11. The van der Waals surface area contributed by atoms with Gasteiger partial charge in [-0.1, -0.05) is 19.0 Å². The fraction of sp³-hybridized carbons (Fsp3) is 0.462. The second kappa shape index (κ2) is 6.78. The lowest BCUT2D eigenvalue weighted by Gasteiger charge is -2.17. The molecule has 0 spiro atoms. The summed E-state index contributed by atoms with van der Waals surface area (Å²) in [4.78, 5) is 8.72. The topological polar surface area (TPSA) is 63.8 Å². The van der Waals surface area contributed by atoms with Gasteiger partial charge in [-0.3, -0.25) is 4.98 Å². The Morgan fingerprint density at radius 3 is 2.70 bits per heavy atom. The maximum Gasteiger partial charge on any atom is 0.228 e. The van der Waals surface area contributed by atoms with Crippen molar-refractivity contribution in [1.82, 2.24) is 20.4 Å². The molecule has 0 saturated heterocycles. The van der Waals surface area contributed by atoms with E-state index in [0.29, 0.717) is 35.8 Å². The number of nitrogens with one attached hydrogen (secondary N) is 1. The van der Waals surface area contributed by atoms with Gasteiger partial charge in [0.15, 0.2) is 0 Å². The van der Waals surface area contributed by atoms with Crippen LogP contribution in [0.4, 0.5) is 0 Å². The van der Waals surface area contributed by atoms with E-state index in [2.05, 4.69) is 66.1 Å². The summed E-state index contributed by atoms with van der Waals surface area (Å²) in [5.74, 6) is 1.61. The molecule has 0 aliphatic rings. The SMILES string of the molecule is CNC(Cc1nc(-c2ncc(Br)cc2Br)no1)C(C)C. The van der Waals surface area contributed by atoms with Gasteiger partial charge in [0.25, 0.3) is 0 Å². The van der Waals surface area contributed by atoms with Gasteiger partial charge in [0, 0.05) is 27.6 Å². The minimum Gasteiger partial charge on any atom is -0.339 e. The lowest BCUT2D eigenvalue weighted by molar-refractivity contribution is 0.335. The second-order valence-corrected chi connectivity index (χ2v) is 6.61. The minimum atomic E-state index is 0.310. The number of halogens is 2. The Balaban J connectivity index is 2.20. The molecule has 2 aromatic rings. The van der Waals surface area contributed by atoms with Crippen molar-refractivity contribution in [2.24, 2.45) is 5.92 Å². The number of pyridine rings is 1. The Bertz CT molecular complexity index is 586. The molecule has 0 bridgehead atoms. The van der Waals surface area contributed by atoms with E-state index in [0.717, 1.165) is 8.95 Å². The monoisotopic (exact) mass is 402 g/mol. The molecule has 0 fully saturated rings. The Morgan fingerprint density at radius 2 is 2.10 bits per heavy atom. The summed E-state index contributed by atoms with van der Waals surface area (Å²) >= 11 is 6.82. The molecule has 2 aromatic heterocycles. The molecule has 0 aliphatic carbocycles. The van der Waals surface area contributed by atoms with Crippen LogP contribution in [0.15, 0.2) is 25.7 Å². The van der Waals surface area contributed by atoms with Gasteiger partial charge in [0.1, 0.15) is 5.69 Å². The zero-order valence-corrected chi connectivity index (χ0v) is 14.7. The molecule has 2 heterocycles. The molecule has 1 N–H and O–H groups in total. The number of likely N-dealkylation sites (N-methyl/N-ethyl adjacent to an activating group) is 1. The molecule has 0 aliphatic heterocycles. The molecule has 108 valence electrons. The van der Waals surface area contributed by atoms with Crippen molar-refractivity contribution in [3.05, 3.63) is 27.1 Å². The summed E-state index contributed by atoms with van der Waals surface area (Å²) < 4.78 is 7.04. The third kappa shape index (κ3) is 3.65. The molecule has 7 heteroatoms. The van der Waals surface area contributed by atoms with Crippen LogP contribution in [0.2, 0.25) is 0 Å². The normalized spacial score (nSPS) is 12.9. The standard InChI is InChI=1S/C13H16Br2N4O/c1-7(2)10(16-3)5-11-18-13(19-20-11)12-9(15)4-8(14)6-17-12/h4,6-7,10,16H,5H2,1-3H3. The van der Waals surface area contributed by atoms with Crippen molar-refractivity contribution in [3.8, 4) is 11.5 Å². The van der Waals surface area contributed by atoms with Crippen LogP contribution in [0.3, 0.4) is 0 Å². The second-order valence-electron chi connectivity index (χ2n) is 4.84. The summed E-state index contributed by atoms with van der Waals surface area (Å²) in [6.45, 7) is 4.32. The summed E-state index contributed by atoms with van der Waals surface area (Å²) in [6, 6.07) is 2.22. The van der Waals surface area contributed by atoms with Crippen LogP contribution in [0.5, 0.6) is 0 Å². The average molecular weight is 404 g/mol. The van der Waals surface area contributed by atoms with Crippen LogP contribution in [0.25, 0.3) is 11.5 Å². The smallest absolute Gasteiger partial charge is 0.228 e. The molecule has 0 saturated carbocycles. The Morgan fingerprint density at radius 1 is 1.35 bits per heavy atom. The summed E-state index contributed by atoms with van der Waals surface area (Å²) in [5.41, 5.74) is 0.675. The average Bonchev–Trinajstić information content (AvgIpc) is 2.83. The third-order valence-corrected chi connectivity index (χ3v) is 4.10. The van der Waals surface area contributed by atoms with Crippen molar-refractivity contribution in [2.45, 2.75) is 26.3 Å². The molecule has 5 nitrogen and oxygen atoms in total. The van der Waals surface area contributed by atoms with E-state index >= 15 is 0 Å². The highest BCUT2D eigenvalue weighted by Gasteiger charge is 2.18. The fourth-order valence-electron chi connectivity index (χ4n) is 1.87. The Labute approximate surface area is 134 Å². The molecular weight excluding hydrogens is 388 g/mol. The van der Waals surface area contributed by atoms with Crippen molar-refractivity contribution in [2.75, 3.05) is 7.05 Å². The molecule has 0 radical (unpaired) electrons. The number of rotatable bonds is 5. The molecule has 20 heavy (non-hydrogen) atoms. The van der Waals surface area contributed by atoms with Crippen LogP contribution < -0.4 is 5.32 Å². The van der Waals surface area contributed by atoms with Gasteiger partial charge >= 0.3 is 0 Å². The fourth-order valence-corrected chi connectivity index (χ4v) is 3.04.